The van der Waals surface area contributed by atoms with E-state index < -0.39 is 0 Å². The number of fused-ring (bicyclic) bond motifs is 1. The number of para-hydroxylation sites is 1. The number of anilines is 1. The molecule has 0 bridgehead atoms. The smallest absolute Gasteiger partial charge is 0.277 e. The fourth-order valence-corrected chi connectivity index (χ4v) is 5.43. The lowest BCUT2D eigenvalue weighted by molar-refractivity contribution is -0.125. The van der Waals surface area contributed by atoms with Gasteiger partial charge in [-0.3, -0.25) is 9.59 Å². The van der Waals surface area contributed by atoms with Gasteiger partial charge in [0, 0.05) is 18.0 Å². The molecule has 1 aliphatic heterocycles. The second-order valence-electron chi connectivity index (χ2n) is 7.61. The lowest BCUT2D eigenvalue weighted by Gasteiger charge is -2.34. The van der Waals surface area contributed by atoms with E-state index in [2.05, 4.69) is 10.2 Å². The second kappa shape index (κ2) is 8.64. The van der Waals surface area contributed by atoms with Crippen molar-refractivity contribution >= 4 is 44.7 Å². The Labute approximate surface area is 187 Å². The van der Waals surface area contributed by atoms with Gasteiger partial charge in [0.1, 0.15) is 4.70 Å². The van der Waals surface area contributed by atoms with E-state index in [9.17, 15) is 9.59 Å². The molecule has 6 nitrogen and oxygen atoms in total. The maximum Gasteiger partial charge on any atom is 0.277 e. The highest BCUT2D eigenvalue weighted by molar-refractivity contribution is 7.17. The average Bonchev–Trinajstić information content (AvgIpc) is 3.50. The molecule has 5 rings (SSSR count). The number of thiophene rings is 2. The first-order valence-corrected chi connectivity index (χ1v) is 12.1. The van der Waals surface area contributed by atoms with E-state index >= 15 is 0 Å². The molecule has 4 aromatic rings. The number of aromatic nitrogens is 2. The molecule has 1 aromatic carbocycles. The largest absolute Gasteiger partial charge is 0.351 e. The van der Waals surface area contributed by atoms with Crippen molar-refractivity contribution in [3.05, 3.63) is 74.5 Å². The summed E-state index contributed by atoms with van der Waals surface area (Å²) in [5.74, 6) is 0.536. The van der Waals surface area contributed by atoms with E-state index in [0.29, 0.717) is 29.3 Å². The Balaban J connectivity index is 1.45. The van der Waals surface area contributed by atoms with Crippen LogP contribution in [0.1, 0.15) is 17.7 Å². The highest BCUT2D eigenvalue weighted by Crippen LogP contribution is 2.26. The molecule has 0 aliphatic carbocycles. The average molecular weight is 451 g/mol. The van der Waals surface area contributed by atoms with Crippen LogP contribution in [0.4, 0.5) is 5.95 Å². The molecule has 31 heavy (non-hydrogen) atoms. The van der Waals surface area contributed by atoms with Crippen LogP contribution in [-0.4, -0.2) is 28.5 Å². The Kier molecular flexibility index (Phi) is 5.57. The molecular formula is C23H22N4O2S2. The van der Waals surface area contributed by atoms with Crippen molar-refractivity contribution in [2.24, 2.45) is 5.92 Å². The number of hydrogen-bond donors (Lipinski definition) is 1. The molecule has 8 heteroatoms. The predicted octanol–water partition coefficient (Wildman–Crippen LogP) is 4.04. The molecule has 1 aliphatic rings. The third-order valence-electron chi connectivity index (χ3n) is 5.57. The molecule has 0 unspecified atom stereocenters. The number of amides is 1. The zero-order valence-electron chi connectivity index (χ0n) is 16.9. The first-order chi connectivity index (χ1) is 15.2. The van der Waals surface area contributed by atoms with E-state index in [4.69, 9.17) is 4.98 Å². The normalized spacial score (nSPS) is 16.5. The molecule has 1 amide bonds. The summed E-state index contributed by atoms with van der Waals surface area (Å²) in [5.41, 5.74) is 1.43. The number of carbonyl (C=O) groups is 1. The summed E-state index contributed by atoms with van der Waals surface area (Å²) < 4.78 is 2.33. The predicted molar refractivity (Wildman–Crippen MR) is 126 cm³/mol. The summed E-state index contributed by atoms with van der Waals surface area (Å²) in [6.07, 6.45) is 1.71. The molecule has 158 valence electrons. The number of rotatable bonds is 5. The van der Waals surface area contributed by atoms with Gasteiger partial charge in [-0.1, -0.05) is 24.3 Å². The first-order valence-electron chi connectivity index (χ1n) is 10.3. The highest BCUT2D eigenvalue weighted by Gasteiger charge is 2.29. The second-order valence-corrected chi connectivity index (χ2v) is 9.55. The number of piperidine rings is 1. The third-order valence-corrected chi connectivity index (χ3v) is 7.34. The summed E-state index contributed by atoms with van der Waals surface area (Å²) >= 11 is 3.05. The molecule has 0 saturated carbocycles. The number of nitrogens with zero attached hydrogens (tertiary/aromatic N) is 3. The molecule has 1 atom stereocenters. The maximum atomic E-state index is 13.3. The molecule has 1 fully saturated rings. The van der Waals surface area contributed by atoms with E-state index in [-0.39, 0.29) is 17.4 Å². The van der Waals surface area contributed by atoms with Crippen molar-refractivity contribution in [3.8, 4) is 5.69 Å². The van der Waals surface area contributed by atoms with Gasteiger partial charge in [0.25, 0.3) is 5.56 Å². The summed E-state index contributed by atoms with van der Waals surface area (Å²) in [7, 11) is 0. The Morgan fingerprint density at radius 1 is 1.10 bits per heavy atom. The van der Waals surface area contributed by atoms with Gasteiger partial charge in [-0.15, -0.1) is 22.7 Å². The zero-order chi connectivity index (χ0) is 21.2. The van der Waals surface area contributed by atoms with Crippen LogP contribution in [0.5, 0.6) is 0 Å². The van der Waals surface area contributed by atoms with Gasteiger partial charge in [0.2, 0.25) is 11.9 Å². The Morgan fingerprint density at radius 3 is 2.77 bits per heavy atom. The van der Waals surface area contributed by atoms with Crippen molar-refractivity contribution in [1.82, 2.24) is 14.9 Å². The molecule has 1 N–H and O–H groups in total. The molecule has 4 heterocycles. The Bertz CT molecular complexity index is 1250. The van der Waals surface area contributed by atoms with Gasteiger partial charge in [-0.2, -0.15) is 0 Å². The van der Waals surface area contributed by atoms with Crippen LogP contribution in [0.25, 0.3) is 15.9 Å². The monoisotopic (exact) mass is 450 g/mol. The van der Waals surface area contributed by atoms with Crippen molar-refractivity contribution < 1.29 is 4.79 Å². The fraction of sp³-hybridized carbons (Fsp3) is 0.261. The Morgan fingerprint density at radius 2 is 1.97 bits per heavy atom. The molecule has 1 saturated heterocycles. The van der Waals surface area contributed by atoms with Crippen LogP contribution < -0.4 is 15.8 Å². The fourth-order valence-electron chi connectivity index (χ4n) is 4.03. The van der Waals surface area contributed by atoms with E-state index in [0.717, 1.165) is 30.0 Å². The number of carbonyl (C=O) groups excluding carboxylic acids is 1. The van der Waals surface area contributed by atoms with Crippen molar-refractivity contribution in [2.75, 3.05) is 18.0 Å². The summed E-state index contributed by atoms with van der Waals surface area (Å²) in [6, 6.07) is 15.5. The maximum absolute atomic E-state index is 13.3. The quantitative estimate of drug-likeness (QED) is 0.498. The third kappa shape index (κ3) is 4.00. The standard InChI is InChI=1S/C23H22N4O2S2/c28-21(24-14-18-9-5-12-30-18)16-6-4-11-26(15-16)23-25-19-10-13-31-20(19)22(29)27(23)17-7-2-1-3-8-17/h1-3,5,7-10,12-13,16H,4,6,11,14-15H2,(H,24,28)/t16-/m1/s1. The molecule has 0 radical (unpaired) electrons. The first kappa shape index (κ1) is 20.0. The van der Waals surface area contributed by atoms with Crippen LogP contribution in [-0.2, 0) is 11.3 Å². The van der Waals surface area contributed by atoms with E-state index in [1.165, 1.54) is 11.3 Å². The lowest BCUT2D eigenvalue weighted by atomic mass is 9.97. The number of hydrogen-bond acceptors (Lipinski definition) is 6. The number of nitrogens with one attached hydrogen (secondary N) is 1. The van der Waals surface area contributed by atoms with Crippen molar-refractivity contribution in [1.29, 1.82) is 0 Å². The van der Waals surface area contributed by atoms with Crippen molar-refractivity contribution in [2.45, 2.75) is 19.4 Å². The lowest BCUT2D eigenvalue weighted by Crippen LogP contribution is -2.45. The summed E-state index contributed by atoms with van der Waals surface area (Å²) in [5, 5.41) is 6.98. The van der Waals surface area contributed by atoms with Gasteiger partial charge in [0.15, 0.2) is 0 Å². The van der Waals surface area contributed by atoms with Gasteiger partial charge >= 0.3 is 0 Å². The minimum atomic E-state index is -0.131. The van der Waals surface area contributed by atoms with Crippen LogP contribution >= 0.6 is 22.7 Å². The minimum absolute atomic E-state index is 0.0586. The topological polar surface area (TPSA) is 67.2 Å². The van der Waals surface area contributed by atoms with Gasteiger partial charge in [0.05, 0.1) is 23.7 Å². The van der Waals surface area contributed by atoms with E-state index in [1.54, 1.807) is 15.9 Å². The van der Waals surface area contributed by atoms with Crippen LogP contribution in [0.3, 0.4) is 0 Å². The Hall–Kier alpha value is -2.97. The zero-order valence-corrected chi connectivity index (χ0v) is 18.5. The van der Waals surface area contributed by atoms with Crippen LogP contribution in [0.2, 0.25) is 0 Å². The summed E-state index contributed by atoms with van der Waals surface area (Å²) in [6.45, 7) is 1.87. The number of benzene rings is 1. The van der Waals surface area contributed by atoms with Gasteiger partial charge in [-0.05, 0) is 47.9 Å². The van der Waals surface area contributed by atoms with Gasteiger partial charge in [-0.25, -0.2) is 9.55 Å². The van der Waals surface area contributed by atoms with Crippen LogP contribution in [0, 0.1) is 5.92 Å². The highest BCUT2D eigenvalue weighted by atomic mass is 32.1. The molecular weight excluding hydrogens is 428 g/mol. The summed E-state index contributed by atoms with van der Waals surface area (Å²) in [4.78, 5) is 34.2. The SMILES string of the molecule is O=C(NCc1cccs1)[C@@H]1CCCN(c2nc3ccsc3c(=O)n2-c2ccccc2)C1. The minimum Gasteiger partial charge on any atom is -0.351 e. The van der Waals surface area contributed by atoms with Gasteiger partial charge < -0.3 is 10.2 Å². The van der Waals surface area contributed by atoms with E-state index in [1.807, 2.05) is 59.3 Å². The molecule has 0 spiro atoms. The van der Waals surface area contributed by atoms with Crippen molar-refractivity contribution in [3.63, 3.8) is 0 Å². The molecule has 3 aromatic heterocycles. The van der Waals surface area contributed by atoms with Crippen LogP contribution in [0.15, 0.2) is 64.1 Å².